The van der Waals surface area contributed by atoms with Crippen molar-refractivity contribution in [2.45, 2.75) is 19.3 Å². The third-order valence-electron chi connectivity index (χ3n) is 5.11. The molecule has 2 heterocycles. The lowest BCUT2D eigenvalue weighted by Crippen LogP contribution is -2.50. The van der Waals surface area contributed by atoms with Gasteiger partial charge in [-0.15, -0.1) is 0 Å². The first-order valence-corrected chi connectivity index (χ1v) is 9.42. The van der Waals surface area contributed by atoms with Gasteiger partial charge in [0, 0.05) is 25.4 Å². The molecular weight excluding hydrogens is 392 g/mol. The molecule has 9 heteroatoms. The van der Waals surface area contributed by atoms with Gasteiger partial charge in [-0.2, -0.15) is 0 Å². The molecule has 0 unspecified atom stereocenters. The minimum Gasteiger partial charge on any atom is -0.462 e. The number of anilines is 1. The van der Waals surface area contributed by atoms with Gasteiger partial charge in [-0.25, -0.2) is 9.59 Å². The highest BCUT2D eigenvalue weighted by molar-refractivity contribution is 6.22. The number of benzene rings is 1. The van der Waals surface area contributed by atoms with Crippen LogP contribution in [-0.2, 0) is 38.7 Å². The Labute approximate surface area is 174 Å². The Morgan fingerprint density at radius 3 is 2.47 bits per heavy atom. The molecule has 0 aromatic heterocycles. The summed E-state index contributed by atoms with van der Waals surface area (Å²) in [4.78, 5) is 41.2. The molecule has 0 saturated heterocycles. The molecule has 0 fully saturated rings. The monoisotopic (exact) mass is 416 g/mol. The second kappa shape index (κ2) is 8.19. The summed E-state index contributed by atoms with van der Waals surface area (Å²) in [6, 6.07) is 6.86. The number of nitrogens with two attached hydrogens (primary N) is 1. The fraction of sp³-hybridized carbons (Fsp3) is 0.381. The highest BCUT2D eigenvalue weighted by Gasteiger charge is 2.63. The largest absolute Gasteiger partial charge is 0.462 e. The summed E-state index contributed by atoms with van der Waals surface area (Å²) in [6.45, 7) is 3.30. The zero-order valence-corrected chi connectivity index (χ0v) is 17.3. The number of esters is 2. The molecule has 3 rings (SSSR count). The molecule has 1 aromatic rings. The molecule has 160 valence electrons. The lowest BCUT2D eigenvalue weighted by molar-refractivity contribution is -0.144. The van der Waals surface area contributed by atoms with Crippen LogP contribution in [-0.4, -0.2) is 51.8 Å². The highest BCUT2D eigenvalue weighted by atomic mass is 16.6. The number of ether oxygens (including phenoxy) is 4. The number of rotatable bonds is 6. The number of hydrogen-bond acceptors (Lipinski definition) is 8. The summed E-state index contributed by atoms with van der Waals surface area (Å²) in [5.74, 6) is -2.41. The molecule has 2 aliphatic heterocycles. The van der Waals surface area contributed by atoms with E-state index in [2.05, 4.69) is 0 Å². The summed E-state index contributed by atoms with van der Waals surface area (Å²) in [5.41, 5.74) is 4.85. The minimum atomic E-state index is -1.84. The van der Waals surface area contributed by atoms with Crippen LogP contribution in [0.25, 0.3) is 0 Å². The Balaban J connectivity index is 2.30. The van der Waals surface area contributed by atoms with Crippen LogP contribution in [0.4, 0.5) is 5.69 Å². The van der Waals surface area contributed by atoms with E-state index in [0.717, 1.165) is 0 Å². The van der Waals surface area contributed by atoms with Crippen LogP contribution >= 0.6 is 0 Å². The molecule has 2 aliphatic rings. The number of para-hydroxylation sites is 1. The van der Waals surface area contributed by atoms with E-state index >= 15 is 0 Å². The molecule has 9 nitrogen and oxygen atoms in total. The topological polar surface area (TPSA) is 117 Å². The number of allylic oxidation sites excluding steroid dienone is 1. The number of amides is 1. The summed E-state index contributed by atoms with van der Waals surface area (Å²) in [6.07, 6.45) is 0. The maximum absolute atomic E-state index is 13.7. The first kappa shape index (κ1) is 21.4. The van der Waals surface area contributed by atoms with Crippen molar-refractivity contribution in [3.63, 3.8) is 0 Å². The van der Waals surface area contributed by atoms with Gasteiger partial charge in [0.15, 0.2) is 0 Å². The zero-order chi connectivity index (χ0) is 22.1. The number of carbonyl (C=O) groups is 3. The molecule has 0 saturated carbocycles. The fourth-order valence-electron chi connectivity index (χ4n) is 3.93. The van der Waals surface area contributed by atoms with Crippen LogP contribution in [0.5, 0.6) is 0 Å². The van der Waals surface area contributed by atoms with Crippen LogP contribution in [0.15, 0.2) is 47.1 Å². The quantitative estimate of drug-likeness (QED) is 0.542. The van der Waals surface area contributed by atoms with Gasteiger partial charge in [0.25, 0.3) is 0 Å². The van der Waals surface area contributed by atoms with Crippen molar-refractivity contribution in [3.8, 4) is 0 Å². The Kier molecular flexibility index (Phi) is 5.84. The van der Waals surface area contributed by atoms with Crippen molar-refractivity contribution < 1.29 is 33.3 Å². The molecule has 2 N–H and O–H groups in total. The number of nitrogens with zero attached hydrogens (tertiary/aromatic N) is 1. The number of fused-ring (bicyclic) bond motifs is 2. The SMILES string of the molecule is CCOC(=O)C1=C(N)OC(C)=C(C(=O)OCCOC)[C@@]12C(=O)N(C)c1ccccc12. The predicted octanol–water partition coefficient (Wildman–Crippen LogP) is 1.13. The van der Waals surface area contributed by atoms with Crippen LogP contribution < -0.4 is 10.6 Å². The maximum Gasteiger partial charge on any atom is 0.341 e. The smallest absolute Gasteiger partial charge is 0.341 e. The third-order valence-corrected chi connectivity index (χ3v) is 5.11. The van der Waals surface area contributed by atoms with Crippen molar-refractivity contribution >= 4 is 23.5 Å². The third kappa shape index (κ3) is 3.02. The average Bonchev–Trinajstić information content (AvgIpc) is 2.91. The Hall–Kier alpha value is -3.33. The molecule has 0 radical (unpaired) electrons. The van der Waals surface area contributed by atoms with Gasteiger partial charge in [-0.3, -0.25) is 4.79 Å². The predicted molar refractivity (Wildman–Crippen MR) is 106 cm³/mol. The van der Waals surface area contributed by atoms with E-state index in [4.69, 9.17) is 24.7 Å². The Bertz CT molecular complexity index is 966. The van der Waals surface area contributed by atoms with Gasteiger partial charge in [-0.1, -0.05) is 18.2 Å². The van der Waals surface area contributed by atoms with Gasteiger partial charge in [0.2, 0.25) is 11.8 Å². The van der Waals surface area contributed by atoms with E-state index in [-0.39, 0.29) is 42.6 Å². The Morgan fingerprint density at radius 1 is 1.13 bits per heavy atom. The summed E-state index contributed by atoms with van der Waals surface area (Å²) >= 11 is 0. The number of methoxy groups -OCH3 is 1. The zero-order valence-electron chi connectivity index (χ0n) is 17.3. The van der Waals surface area contributed by atoms with Crippen molar-refractivity contribution in [3.05, 3.63) is 52.6 Å². The molecule has 30 heavy (non-hydrogen) atoms. The van der Waals surface area contributed by atoms with E-state index in [9.17, 15) is 14.4 Å². The van der Waals surface area contributed by atoms with Crippen LogP contribution in [0, 0.1) is 0 Å². The second-order valence-corrected chi connectivity index (χ2v) is 6.75. The second-order valence-electron chi connectivity index (χ2n) is 6.75. The van der Waals surface area contributed by atoms with Gasteiger partial charge >= 0.3 is 11.9 Å². The molecule has 1 aromatic carbocycles. The minimum absolute atomic E-state index is 0.0399. The lowest BCUT2D eigenvalue weighted by atomic mass is 9.67. The molecule has 1 amide bonds. The molecule has 0 aliphatic carbocycles. The van der Waals surface area contributed by atoms with Crippen molar-refractivity contribution in [1.82, 2.24) is 0 Å². The van der Waals surface area contributed by atoms with E-state index < -0.39 is 23.3 Å². The van der Waals surface area contributed by atoms with Gasteiger partial charge in [-0.05, 0) is 19.9 Å². The number of hydrogen-bond donors (Lipinski definition) is 1. The Morgan fingerprint density at radius 2 is 1.80 bits per heavy atom. The van der Waals surface area contributed by atoms with Crippen molar-refractivity contribution in [1.29, 1.82) is 0 Å². The van der Waals surface area contributed by atoms with Crippen molar-refractivity contribution in [2.75, 3.05) is 38.9 Å². The molecular formula is C21H24N2O7. The highest BCUT2D eigenvalue weighted by Crippen LogP contribution is 2.54. The van der Waals surface area contributed by atoms with Crippen LogP contribution in [0.3, 0.4) is 0 Å². The van der Waals surface area contributed by atoms with Crippen LogP contribution in [0.1, 0.15) is 19.4 Å². The first-order valence-electron chi connectivity index (χ1n) is 9.42. The first-order chi connectivity index (χ1) is 14.3. The van der Waals surface area contributed by atoms with Crippen molar-refractivity contribution in [2.24, 2.45) is 5.73 Å². The van der Waals surface area contributed by atoms with E-state index in [1.165, 1.54) is 18.9 Å². The van der Waals surface area contributed by atoms with E-state index in [1.807, 2.05) is 0 Å². The standard InChI is InChI=1S/C21H24N2O7/c1-5-28-19(25)16-17(22)30-12(2)15(18(24)29-11-10-27-4)21(16)13-8-6-7-9-14(13)23(3)20(21)26/h6-9H,5,10-11,22H2,1-4H3/t21-/m1/s1. The van der Waals surface area contributed by atoms with Gasteiger partial charge < -0.3 is 29.6 Å². The van der Waals surface area contributed by atoms with Gasteiger partial charge in [0.1, 0.15) is 28.9 Å². The van der Waals surface area contributed by atoms with Gasteiger partial charge in [0.05, 0.1) is 13.2 Å². The maximum atomic E-state index is 13.7. The normalized spacial score (nSPS) is 20.4. The molecule has 1 spiro atoms. The fourth-order valence-corrected chi connectivity index (χ4v) is 3.93. The summed E-state index contributed by atoms with van der Waals surface area (Å²) in [7, 11) is 3.03. The lowest BCUT2D eigenvalue weighted by Gasteiger charge is -2.36. The average molecular weight is 416 g/mol. The summed E-state index contributed by atoms with van der Waals surface area (Å²) < 4.78 is 20.9. The summed E-state index contributed by atoms with van der Waals surface area (Å²) in [5, 5.41) is 0. The van der Waals surface area contributed by atoms with E-state index in [0.29, 0.717) is 11.3 Å². The molecule has 0 bridgehead atoms. The van der Waals surface area contributed by atoms with Crippen LogP contribution in [0.2, 0.25) is 0 Å². The number of likely N-dealkylation sites (N-methyl/N-ethyl adjacent to an activating group) is 1. The van der Waals surface area contributed by atoms with E-state index in [1.54, 1.807) is 38.2 Å². The number of carbonyl (C=O) groups excluding carboxylic acids is 3. The molecule has 1 atom stereocenters.